The molecule has 2 aromatic carbocycles. The van der Waals surface area contributed by atoms with Crippen molar-refractivity contribution >= 4 is 18.3 Å². The maximum atomic E-state index is 11.9. The Morgan fingerprint density at radius 2 is 1.72 bits per heavy atom. The van der Waals surface area contributed by atoms with E-state index in [0.29, 0.717) is 24.6 Å². The third kappa shape index (κ3) is 6.29. The highest BCUT2D eigenvalue weighted by molar-refractivity contribution is 5.85. The van der Waals surface area contributed by atoms with Crippen LogP contribution in [0.5, 0.6) is 17.2 Å². The summed E-state index contributed by atoms with van der Waals surface area (Å²) in [4.78, 5) is 11.9. The van der Waals surface area contributed by atoms with Gasteiger partial charge in [-0.25, -0.2) is 0 Å². The first-order valence-electron chi connectivity index (χ1n) is 7.96. The second-order valence-electron chi connectivity index (χ2n) is 5.57. The van der Waals surface area contributed by atoms with Crippen molar-refractivity contribution in [2.75, 3.05) is 20.7 Å². The first kappa shape index (κ1) is 20.8. The molecule has 0 aromatic heterocycles. The third-order valence-electron chi connectivity index (χ3n) is 3.64. The van der Waals surface area contributed by atoms with Crippen LogP contribution >= 0.6 is 12.4 Å². The van der Waals surface area contributed by atoms with E-state index in [1.165, 1.54) is 0 Å². The number of para-hydroxylation sites is 2. The predicted molar refractivity (Wildman–Crippen MR) is 102 cm³/mol. The minimum Gasteiger partial charge on any atom is -0.493 e. The summed E-state index contributed by atoms with van der Waals surface area (Å²) in [6, 6.07) is 15.1. The van der Waals surface area contributed by atoms with E-state index in [0.717, 1.165) is 11.3 Å². The molecule has 0 fully saturated rings. The zero-order chi connectivity index (χ0) is 17.4. The highest BCUT2D eigenvalue weighted by Crippen LogP contribution is 2.30. The number of nitrogens with one attached hydrogen (secondary N) is 2. The second-order valence-corrected chi connectivity index (χ2v) is 5.57. The average Bonchev–Trinajstić information content (AvgIpc) is 2.61. The van der Waals surface area contributed by atoms with Crippen molar-refractivity contribution < 1.29 is 14.3 Å². The molecule has 0 aliphatic carbocycles. The smallest absolute Gasteiger partial charge is 0.224 e. The van der Waals surface area contributed by atoms with Gasteiger partial charge < -0.3 is 20.1 Å². The highest BCUT2D eigenvalue weighted by atomic mass is 35.5. The lowest BCUT2D eigenvalue weighted by molar-refractivity contribution is -0.124. The third-order valence-corrected chi connectivity index (χ3v) is 3.64. The van der Waals surface area contributed by atoms with E-state index in [9.17, 15) is 4.79 Å². The topological polar surface area (TPSA) is 59.6 Å². The van der Waals surface area contributed by atoms with E-state index in [1.54, 1.807) is 7.11 Å². The Bertz CT molecular complexity index is 662. The van der Waals surface area contributed by atoms with Crippen LogP contribution in [0.2, 0.25) is 0 Å². The van der Waals surface area contributed by atoms with E-state index in [-0.39, 0.29) is 24.2 Å². The van der Waals surface area contributed by atoms with Gasteiger partial charge in [0.2, 0.25) is 5.91 Å². The molecule has 6 heteroatoms. The molecule has 0 aliphatic heterocycles. The summed E-state index contributed by atoms with van der Waals surface area (Å²) < 4.78 is 11.1. The summed E-state index contributed by atoms with van der Waals surface area (Å²) in [6.45, 7) is 3.06. The van der Waals surface area contributed by atoms with Crippen molar-refractivity contribution in [2.24, 2.45) is 5.92 Å². The highest BCUT2D eigenvalue weighted by Gasteiger charge is 2.11. The van der Waals surface area contributed by atoms with Gasteiger partial charge in [0.05, 0.1) is 7.11 Å². The SMILES string of the molecule is CNCC(C)C(=O)NCc1ccc(Oc2ccccc2OC)cc1.Cl. The van der Waals surface area contributed by atoms with E-state index < -0.39 is 0 Å². The molecule has 2 aromatic rings. The Labute approximate surface area is 155 Å². The number of carbonyl (C=O) groups excluding carboxylic acids is 1. The van der Waals surface area contributed by atoms with Crippen LogP contribution in [0.3, 0.4) is 0 Å². The molecule has 0 heterocycles. The molecular formula is C19H25ClN2O3. The van der Waals surface area contributed by atoms with Gasteiger partial charge in [0, 0.05) is 19.0 Å². The van der Waals surface area contributed by atoms with Crippen molar-refractivity contribution in [3.8, 4) is 17.2 Å². The van der Waals surface area contributed by atoms with Gasteiger partial charge in [-0.15, -0.1) is 12.4 Å². The molecule has 2 rings (SSSR count). The van der Waals surface area contributed by atoms with Gasteiger partial charge in [-0.2, -0.15) is 0 Å². The summed E-state index contributed by atoms with van der Waals surface area (Å²) in [5.74, 6) is 2.06. The lowest BCUT2D eigenvalue weighted by Gasteiger charge is -2.12. The Balaban J connectivity index is 0.00000312. The number of ether oxygens (including phenoxy) is 2. The van der Waals surface area contributed by atoms with Gasteiger partial charge in [-0.3, -0.25) is 4.79 Å². The van der Waals surface area contributed by atoms with Crippen LogP contribution in [0.15, 0.2) is 48.5 Å². The lowest BCUT2D eigenvalue weighted by Crippen LogP contribution is -2.33. The Morgan fingerprint density at radius 1 is 1.08 bits per heavy atom. The van der Waals surface area contributed by atoms with Crippen LogP contribution in [0.25, 0.3) is 0 Å². The van der Waals surface area contributed by atoms with Gasteiger partial charge in [-0.05, 0) is 36.9 Å². The monoisotopic (exact) mass is 364 g/mol. The van der Waals surface area contributed by atoms with Crippen molar-refractivity contribution in [3.63, 3.8) is 0 Å². The number of methoxy groups -OCH3 is 1. The maximum Gasteiger partial charge on any atom is 0.224 e. The summed E-state index contributed by atoms with van der Waals surface area (Å²) in [5, 5.41) is 5.93. The van der Waals surface area contributed by atoms with E-state index in [2.05, 4.69) is 10.6 Å². The lowest BCUT2D eigenvalue weighted by atomic mass is 10.1. The zero-order valence-electron chi connectivity index (χ0n) is 14.7. The van der Waals surface area contributed by atoms with Gasteiger partial charge in [0.15, 0.2) is 11.5 Å². The van der Waals surface area contributed by atoms with Crippen LogP contribution in [0.1, 0.15) is 12.5 Å². The molecule has 1 unspecified atom stereocenters. The summed E-state index contributed by atoms with van der Waals surface area (Å²) >= 11 is 0. The molecule has 0 aliphatic rings. The Morgan fingerprint density at radius 3 is 2.32 bits per heavy atom. The number of hydrogen-bond donors (Lipinski definition) is 2. The Kier molecular flexibility index (Phi) is 8.81. The van der Waals surface area contributed by atoms with Gasteiger partial charge in [-0.1, -0.05) is 31.2 Å². The number of carbonyl (C=O) groups is 1. The molecule has 0 saturated heterocycles. The largest absolute Gasteiger partial charge is 0.493 e. The molecule has 0 spiro atoms. The molecule has 0 saturated carbocycles. The molecule has 2 N–H and O–H groups in total. The van der Waals surface area contributed by atoms with Crippen LogP contribution in [0, 0.1) is 5.92 Å². The number of benzene rings is 2. The molecular weight excluding hydrogens is 340 g/mol. The molecule has 25 heavy (non-hydrogen) atoms. The van der Waals surface area contributed by atoms with Gasteiger partial charge in [0.1, 0.15) is 5.75 Å². The van der Waals surface area contributed by atoms with Crippen LogP contribution in [-0.2, 0) is 11.3 Å². The fourth-order valence-electron chi connectivity index (χ4n) is 2.27. The van der Waals surface area contributed by atoms with Gasteiger partial charge in [0.25, 0.3) is 0 Å². The summed E-state index contributed by atoms with van der Waals surface area (Å²) in [5.41, 5.74) is 1.02. The Hall–Kier alpha value is -2.24. The standard InChI is InChI=1S/C19H24N2O3.ClH/c1-14(12-20-2)19(22)21-13-15-8-10-16(11-9-15)24-18-7-5-4-6-17(18)23-3;/h4-11,14,20H,12-13H2,1-3H3,(H,21,22);1H. The summed E-state index contributed by atoms with van der Waals surface area (Å²) in [6.07, 6.45) is 0. The molecule has 0 bridgehead atoms. The second kappa shape index (κ2) is 10.6. The number of rotatable bonds is 8. The van der Waals surface area contributed by atoms with Gasteiger partial charge >= 0.3 is 0 Å². The first-order chi connectivity index (χ1) is 11.6. The van der Waals surface area contributed by atoms with Crippen LogP contribution in [-0.4, -0.2) is 26.6 Å². The van der Waals surface area contributed by atoms with Crippen molar-refractivity contribution in [1.82, 2.24) is 10.6 Å². The van der Waals surface area contributed by atoms with Crippen LogP contribution < -0.4 is 20.1 Å². The quantitative estimate of drug-likeness (QED) is 0.753. The molecule has 1 atom stereocenters. The van der Waals surface area contributed by atoms with Crippen molar-refractivity contribution in [1.29, 1.82) is 0 Å². The minimum absolute atomic E-state index is 0. The normalized spacial score (nSPS) is 11.2. The first-order valence-corrected chi connectivity index (χ1v) is 7.96. The molecule has 1 amide bonds. The average molecular weight is 365 g/mol. The number of amides is 1. The maximum absolute atomic E-state index is 11.9. The van der Waals surface area contributed by atoms with Crippen LogP contribution in [0.4, 0.5) is 0 Å². The number of hydrogen-bond acceptors (Lipinski definition) is 4. The van der Waals surface area contributed by atoms with Crippen molar-refractivity contribution in [2.45, 2.75) is 13.5 Å². The zero-order valence-corrected chi connectivity index (χ0v) is 15.6. The van der Waals surface area contributed by atoms with E-state index in [1.807, 2.05) is 62.5 Å². The fraction of sp³-hybridized carbons (Fsp3) is 0.316. The minimum atomic E-state index is -0.0526. The predicted octanol–water partition coefficient (Wildman–Crippen LogP) is 3.38. The van der Waals surface area contributed by atoms with Crippen molar-refractivity contribution in [3.05, 3.63) is 54.1 Å². The van der Waals surface area contributed by atoms with E-state index >= 15 is 0 Å². The molecule has 5 nitrogen and oxygen atoms in total. The van der Waals surface area contributed by atoms with E-state index in [4.69, 9.17) is 9.47 Å². The molecule has 136 valence electrons. The fourth-order valence-corrected chi connectivity index (χ4v) is 2.27. The molecule has 0 radical (unpaired) electrons. The number of halogens is 1. The summed E-state index contributed by atoms with van der Waals surface area (Å²) in [7, 11) is 3.45.